The van der Waals surface area contributed by atoms with Gasteiger partial charge in [0.25, 0.3) is 5.69 Å². The number of carbonyl (C=O) groups excluding carboxylic acids is 1. The predicted octanol–water partition coefficient (Wildman–Crippen LogP) is 1.54. The van der Waals surface area contributed by atoms with Gasteiger partial charge < -0.3 is 5.32 Å². The molecule has 0 saturated carbocycles. The predicted molar refractivity (Wildman–Crippen MR) is 103 cm³/mol. The zero-order valence-corrected chi connectivity index (χ0v) is 15.8. The molecule has 1 heterocycles. The van der Waals surface area contributed by atoms with Crippen LogP contribution in [0.25, 0.3) is 0 Å². The highest BCUT2D eigenvalue weighted by Crippen LogP contribution is 2.23. The number of anilines is 1. The first kappa shape index (κ1) is 19.9. The fourth-order valence-electron chi connectivity index (χ4n) is 3.00. The third kappa shape index (κ3) is 4.53. The summed E-state index contributed by atoms with van der Waals surface area (Å²) in [5.74, 6) is -0.381. The number of rotatable bonds is 6. The van der Waals surface area contributed by atoms with E-state index in [2.05, 4.69) is 5.32 Å². The third-order valence-electron chi connectivity index (χ3n) is 4.45. The number of para-hydroxylation sites is 2. The number of sulfonamides is 1. The van der Waals surface area contributed by atoms with Crippen LogP contribution in [0.3, 0.4) is 0 Å². The molecular formula is C18H20N4O5S. The van der Waals surface area contributed by atoms with Gasteiger partial charge in [-0.05, 0) is 18.2 Å². The van der Waals surface area contributed by atoms with Gasteiger partial charge in [-0.3, -0.25) is 19.8 Å². The number of hydrogen-bond donors (Lipinski definition) is 1. The van der Waals surface area contributed by atoms with Crippen molar-refractivity contribution in [3.63, 3.8) is 0 Å². The van der Waals surface area contributed by atoms with Crippen LogP contribution in [-0.4, -0.2) is 61.2 Å². The summed E-state index contributed by atoms with van der Waals surface area (Å²) in [6.45, 7) is 1.38. The van der Waals surface area contributed by atoms with Crippen LogP contribution in [-0.2, 0) is 14.8 Å². The Hall–Kier alpha value is -2.82. The first-order valence-corrected chi connectivity index (χ1v) is 10.1. The Balaban J connectivity index is 1.56. The topological polar surface area (TPSA) is 113 Å². The number of nitrogens with one attached hydrogen (secondary N) is 1. The molecule has 0 bridgehead atoms. The van der Waals surface area contributed by atoms with Crippen LogP contribution >= 0.6 is 0 Å². The maximum absolute atomic E-state index is 12.6. The van der Waals surface area contributed by atoms with E-state index < -0.39 is 14.9 Å². The SMILES string of the molecule is O=C(CN1CCN(S(=O)(=O)c2ccccc2)CC1)Nc1ccccc1[N+](=O)[O-]. The molecule has 9 nitrogen and oxygen atoms in total. The molecule has 28 heavy (non-hydrogen) atoms. The van der Waals surface area contributed by atoms with Gasteiger partial charge in [0, 0.05) is 32.2 Å². The molecule has 2 aromatic rings. The second-order valence-corrected chi connectivity index (χ2v) is 8.25. The molecule has 0 aromatic heterocycles. The van der Waals surface area contributed by atoms with Crippen molar-refractivity contribution in [2.75, 3.05) is 38.0 Å². The van der Waals surface area contributed by atoms with E-state index in [1.54, 1.807) is 36.4 Å². The molecule has 1 aliphatic rings. The molecule has 0 atom stereocenters. The molecule has 2 aromatic carbocycles. The Morgan fingerprint density at radius 3 is 2.25 bits per heavy atom. The zero-order chi connectivity index (χ0) is 20.1. The number of nitrogens with zero attached hydrogens (tertiary/aromatic N) is 3. The molecule has 1 N–H and O–H groups in total. The van der Waals surface area contributed by atoms with Crippen molar-refractivity contribution >= 4 is 27.3 Å². The summed E-state index contributed by atoms with van der Waals surface area (Å²) in [4.78, 5) is 24.8. The van der Waals surface area contributed by atoms with Crippen molar-refractivity contribution in [1.29, 1.82) is 0 Å². The summed E-state index contributed by atoms with van der Waals surface area (Å²) >= 11 is 0. The van der Waals surface area contributed by atoms with Crippen molar-refractivity contribution in [2.24, 2.45) is 0 Å². The highest BCUT2D eigenvalue weighted by molar-refractivity contribution is 7.89. The van der Waals surface area contributed by atoms with Crippen LogP contribution in [0.2, 0.25) is 0 Å². The number of carbonyl (C=O) groups is 1. The lowest BCUT2D eigenvalue weighted by Crippen LogP contribution is -2.50. The van der Waals surface area contributed by atoms with Gasteiger partial charge in [-0.25, -0.2) is 8.42 Å². The molecule has 0 radical (unpaired) electrons. The van der Waals surface area contributed by atoms with Crippen molar-refractivity contribution < 1.29 is 18.1 Å². The molecule has 0 unspecified atom stereocenters. The quantitative estimate of drug-likeness (QED) is 0.577. The van der Waals surface area contributed by atoms with Gasteiger partial charge in [0.2, 0.25) is 15.9 Å². The Morgan fingerprint density at radius 1 is 1.00 bits per heavy atom. The van der Waals surface area contributed by atoms with Gasteiger partial charge in [-0.15, -0.1) is 0 Å². The van der Waals surface area contributed by atoms with E-state index in [0.29, 0.717) is 13.1 Å². The zero-order valence-electron chi connectivity index (χ0n) is 15.0. The maximum Gasteiger partial charge on any atom is 0.292 e. The largest absolute Gasteiger partial charge is 0.319 e. The van der Waals surface area contributed by atoms with Gasteiger partial charge in [0.05, 0.1) is 16.4 Å². The number of nitro benzene ring substituents is 1. The van der Waals surface area contributed by atoms with E-state index in [4.69, 9.17) is 0 Å². The molecule has 1 fully saturated rings. The maximum atomic E-state index is 12.6. The van der Waals surface area contributed by atoms with Crippen molar-refractivity contribution in [3.05, 3.63) is 64.7 Å². The summed E-state index contributed by atoms with van der Waals surface area (Å²) in [7, 11) is -3.55. The second kappa shape index (κ2) is 8.46. The third-order valence-corrected chi connectivity index (χ3v) is 6.37. The van der Waals surface area contributed by atoms with Crippen molar-refractivity contribution in [2.45, 2.75) is 4.90 Å². The van der Waals surface area contributed by atoms with Crippen LogP contribution in [0.15, 0.2) is 59.5 Å². The molecule has 1 aliphatic heterocycles. The smallest absolute Gasteiger partial charge is 0.292 e. The molecule has 0 spiro atoms. The van der Waals surface area contributed by atoms with Crippen LogP contribution in [0.1, 0.15) is 0 Å². The standard InChI is InChI=1S/C18H20N4O5S/c23-18(19-16-8-4-5-9-17(16)22(24)25)14-20-10-12-21(13-11-20)28(26,27)15-6-2-1-3-7-15/h1-9H,10-14H2,(H,19,23). The number of piperazine rings is 1. The number of hydrogen-bond acceptors (Lipinski definition) is 6. The first-order valence-electron chi connectivity index (χ1n) is 8.69. The minimum Gasteiger partial charge on any atom is -0.319 e. The van der Waals surface area contributed by atoms with Crippen molar-refractivity contribution in [1.82, 2.24) is 9.21 Å². The normalized spacial score (nSPS) is 15.9. The van der Waals surface area contributed by atoms with Crippen LogP contribution in [0.4, 0.5) is 11.4 Å². The molecule has 1 saturated heterocycles. The Kier molecular flexibility index (Phi) is 6.02. The minimum absolute atomic E-state index is 0.0330. The summed E-state index contributed by atoms with van der Waals surface area (Å²) in [5.41, 5.74) is -0.0302. The molecule has 0 aliphatic carbocycles. The molecule has 3 rings (SSSR count). The summed E-state index contributed by atoms with van der Waals surface area (Å²) in [6.07, 6.45) is 0. The van der Waals surface area contributed by atoms with E-state index in [0.717, 1.165) is 0 Å². The first-order chi connectivity index (χ1) is 13.4. The lowest BCUT2D eigenvalue weighted by molar-refractivity contribution is -0.383. The Morgan fingerprint density at radius 2 is 1.61 bits per heavy atom. The van der Waals surface area contributed by atoms with E-state index >= 15 is 0 Å². The monoisotopic (exact) mass is 404 g/mol. The second-order valence-electron chi connectivity index (χ2n) is 6.32. The molecular weight excluding hydrogens is 384 g/mol. The van der Waals surface area contributed by atoms with Crippen LogP contribution < -0.4 is 5.32 Å². The lowest BCUT2D eigenvalue weighted by Gasteiger charge is -2.33. The lowest BCUT2D eigenvalue weighted by atomic mass is 10.2. The van der Waals surface area contributed by atoms with Gasteiger partial charge in [0.15, 0.2) is 0 Å². The number of nitro groups is 1. The minimum atomic E-state index is -3.55. The Bertz CT molecular complexity index is 957. The van der Waals surface area contributed by atoms with Gasteiger partial charge >= 0.3 is 0 Å². The van der Waals surface area contributed by atoms with Gasteiger partial charge in [-0.1, -0.05) is 30.3 Å². The van der Waals surface area contributed by atoms with Gasteiger partial charge in [-0.2, -0.15) is 4.31 Å². The number of benzene rings is 2. The van der Waals surface area contributed by atoms with Gasteiger partial charge in [0.1, 0.15) is 5.69 Å². The van der Waals surface area contributed by atoms with E-state index in [1.165, 1.54) is 22.5 Å². The summed E-state index contributed by atoms with van der Waals surface area (Å²) in [5, 5.41) is 13.6. The highest BCUT2D eigenvalue weighted by Gasteiger charge is 2.29. The fraction of sp³-hybridized carbons (Fsp3) is 0.278. The molecule has 148 valence electrons. The van der Waals surface area contributed by atoms with E-state index in [9.17, 15) is 23.3 Å². The summed E-state index contributed by atoms with van der Waals surface area (Å²) in [6, 6.07) is 14.2. The number of amides is 1. The highest BCUT2D eigenvalue weighted by atomic mass is 32.2. The van der Waals surface area contributed by atoms with E-state index in [1.807, 2.05) is 4.90 Å². The average molecular weight is 404 g/mol. The fourth-order valence-corrected chi connectivity index (χ4v) is 4.44. The molecule has 10 heteroatoms. The Labute approximate surface area is 162 Å². The summed E-state index contributed by atoms with van der Waals surface area (Å²) < 4.78 is 26.6. The van der Waals surface area contributed by atoms with Crippen molar-refractivity contribution in [3.8, 4) is 0 Å². The average Bonchev–Trinajstić information content (AvgIpc) is 2.69. The van der Waals surface area contributed by atoms with Crippen LogP contribution in [0.5, 0.6) is 0 Å². The van der Waals surface area contributed by atoms with Crippen LogP contribution in [0, 0.1) is 10.1 Å². The van der Waals surface area contributed by atoms with E-state index in [-0.39, 0.29) is 41.8 Å². The molecule has 1 amide bonds.